The van der Waals surface area contributed by atoms with Crippen LogP contribution >= 0.6 is 0 Å². The smallest absolute Gasteiger partial charge is 0.0109 e. The van der Waals surface area contributed by atoms with E-state index in [0.29, 0.717) is 5.41 Å². The largest absolute Gasteiger partial charge is 0.316 e. The van der Waals surface area contributed by atoms with E-state index in [1.54, 1.807) is 0 Å². The summed E-state index contributed by atoms with van der Waals surface area (Å²) in [6.45, 7) is 18.6. The number of hydrogen-bond donors (Lipinski definition) is 1. The fourth-order valence-corrected chi connectivity index (χ4v) is 2.49. The van der Waals surface area contributed by atoms with E-state index in [2.05, 4.69) is 63.8 Å². The molecule has 0 aliphatic carbocycles. The Morgan fingerprint density at radius 2 is 1.75 bits per heavy atom. The Labute approximate surface area is 128 Å². The van der Waals surface area contributed by atoms with Gasteiger partial charge in [-0.25, -0.2) is 0 Å². The Hall–Kier alpha value is -0.120. The van der Waals surface area contributed by atoms with Crippen molar-refractivity contribution in [3.05, 3.63) is 0 Å². The van der Waals surface area contributed by atoms with Gasteiger partial charge >= 0.3 is 0 Å². The number of nitrogens with zero attached hydrogens (tertiary/aromatic N) is 2. The lowest BCUT2D eigenvalue weighted by molar-refractivity contribution is 0.133. The van der Waals surface area contributed by atoms with Gasteiger partial charge < -0.3 is 15.1 Å². The van der Waals surface area contributed by atoms with E-state index in [0.717, 1.165) is 25.6 Å². The molecule has 0 aromatic heterocycles. The molecule has 3 heteroatoms. The van der Waals surface area contributed by atoms with Crippen LogP contribution in [0.5, 0.6) is 0 Å². The zero-order chi connectivity index (χ0) is 15.6. The van der Waals surface area contributed by atoms with E-state index in [1.807, 2.05) is 0 Å². The second-order valence-corrected chi connectivity index (χ2v) is 7.27. The fourth-order valence-electron chi connectivity index (χ4n) is 2.49. The molecule has 0 bridgehead atoms. The minimum atomic E-state index is 0.385. The van der Waals surface area contributed by atoms with Gasteiger partial charge in [-0.3, -0.25) is 0 Å². The molecule has 1 N–H and O–H groups in total. The van der Waals surface area contributed by atoms with Gasteiger partial charge in [0.2, 0.25) is 0 Å². The van der Waals surface area contributed by atoms with Gasteiger partial charge in [0.1, 0.15) is 0 Å². The number of hydrogen-bond acceptors (Lipinski definition) is 3. The molecule has 0 amide bonds. The third-order valence-corrected chi connectivity index (χ3v) is 3.92. The van der Waals surface area contributed by atoms with Gasteiger partial charge in [-0.15, -0.1) is 0 Å². The second kappa shape index (κ2) is 10.6. The van der Waals surface area contributed by atoms with Crippen molar-refractivity contribution in [2.24, 2.45) is 11.3 Å². The summed E-state index contributed by atoms with van der Waals surface area (Å²) in [6, 6.07) is 0. The van der Waals surface area contributed by atoms with E-state index >= 15 is 0 Å². The summed E-state index contributed by atoms with van der Waals surface area (Å²) in [6.07, 6.45) is 2.45. The maximum Gasteiger partial charge on any atom is 0.0109 e. The Balaban J connectivity index is 4.46. The van der Waals surface area contributed by atoms with Gasteiger partial charge in [-0.2, -0.15) is 0 Å². The summed E-state index contributed by atoms with van der Waals surface area (Å²) in [4.78, 5) is 4.94. The number of nitrogens with one attached hydrogen (secondary N) is 1. The highest BCUT2D eigenvalue weighted by molar-refractivity contribution is 4.80. The maximum absolute atomic E-state index is 3.61. The van der Waals surface area contributed by atoms with Crippen LogP contribution in [0.1, 0.15) is 47.5 Å². The van der Waals surface area contributed by atoms with Crippen LogP contribution in [0.15, 0.2) is 0 Å². The molecule has 0 aliphatic rings. The molecule has 0 heterocycles. The van der Waals surface area contributed by atoms with Crippen molar-refractivity contribution in [2.75, 3.05) is 53.4 Å². The van der Waals surface area contributed by atoms with Crippen LogP contribution in [0.2, 0.25) is 0 Å². The van der Waals surface area contributed by atoms with Crippen molar-refractivity contribution in [3.63, 3.8) is 0 Å². The molecule has 0 aromatic carbocycles. The predicted molar refractivity (Wildman–Crippen MR) is 91.4 cm³/mol. The van der Waals surface area contributed by atoms with Crippen molar-refractivity contribution in [2.45, 2.75) is 47.5 Å². The predicted octanol–water partition coefficient (Wildman–Crippen LogP) is 2.92. The Morgan fingerprint density at radius 3 is 2.20 bits per heavy atom. The van der Waals surface area contributed by atoms with Gasteiger partial charge in [0.25, 0.3) is 0 Å². The lowest BCUT2D eigenvalue weighted by atomic mass is 9.86. The first-order chi connectivity index (χ1) is 9.33. The highest BCUT2D eigenvalue weighted by atomic mass is 15.2. The van der Waals surface area contributed by atoms with E-state index in [9.17, 15) is 0 Å². The lowest BCUT2D eigenvalue weighted by Crippen LogP contribution is -2.45. The van der Waals surface area contributed by atoms with E-state index in [1.165, 1.54) is 32.5 Å². The Morgan fingerprint density at radius 1 is 1.10 bits per heavy atom. The van der Waals surface area contributed by atoms with Crippen LogP contribution in [0, 0.1) is 11.3 Å². The molecule has 1 atom stereocenters. The summed E-state index contributed by atoms with van der Waals surface area (Å²) in [7, 11) is 4.32. The van der Waals surface area contributed by atoms with E-state index in [-0.39, 0.29) is 0 Å². The zero-order valence-electron chi connectivity index (χ0n) is 15.1. The lowest BCUT2D eigenvalue weighted by Gasteiger charge is -2.36. The minimum absolute atomic E-state index is 0.385. The molecule has 0 rings (SSSR count). The molecule has 122 valence electrons. The summed E-state index contributed by atoms with van der Waals surface area (Å²) < 4.78 is 0. The highest BCUT2D eigenvalue weighted by Crippen LogP contribution is 2.22. The molecule has 0 saturated heterocycles. The van der Waals surface area contributed by atoms with Gasteiger partial charge in [0.05, 0.1) is 0 Å². The average molecular weight is 286 g/mol. The third kappa shape index (κ3) is 9.73. The fraction of sp³-hybridized carbons (Fsp3) is 1.00. The number of rotatable bonds is 12. The van der Waals surface area contributed by atoms with Gasteiger partial charge in [-0.1, -0.05) is 34.6 Å². The first-order valence-electron chi connectivity index (χ1n) is 8.40. The SMILES string of the molecule is CCCNCC(C)(CC)CN(CCN(C)C)CC(C)C. The first-order valence-corrected chi connectivity index (χ1v) is 8.40. The second-order valence-electron chi connectivity index (χ2n) is 7.27. The maximum atomic E-state index is 3.61. The third-order valence-electron chi connectivity index (χ3n) is 3.92. The average Bonchev–Trinajstić information content (AvgIpc) is 2.35. The molecular formula is C17H39N3. The molecule has 0 saturated carbocycles. The minimum Gasteiger partial charge on any atom is -0.316 e. The zero-order valence-corrected chi connectivity index (χ0v) is 15.1. The normalized spacial score (nSPS) is 15.3. The van der Waals surface area contributed by atoms with Crippen LogP contribution < -0.4 is 5.32 Å². The summed E-state index contributed by atoms with van der Waals surface area (Å²) in [5.74, 6) is 0.738. The Kier molecular flexibility index (Phi) is 10.5. The molecule has 0 aliphatic heterocycles. The topological polar surface area (TPSA) is 18.5 Å². The molecule has 0 radical (unpaired) electrons. The standard InChI is InChI=1S/C17H39N3/c1-8-10-18-14-17(5,9-2)15-20(13-16(3)4)12-11-19(6)7/h16,18H,8-15H2,1-7H3. The molecule has 1 unspecified atom stereocenters. The van der Waals surface area contributed by atoms with Crippen LogP contribution in [-0.4, -0.2) is 63.2 Å². The van der Waals surface area contributed by atoms with Crippen LogP contribution in [0.4, 0.5) is 0 Å². The molecule has 20 heavy (non-hydrogen) atoms. The van der Waals surface area contributed by atoms with Crippen molar-refractivity contribution < 1.29 is 0 Å². The summed E-state index contributed by atoms with van der Waals surface area (Å²) in [5.41, 5.74) is 0.385. The van der Waals surface area contributed by atoms with Gasteiger partial charge in [0, 0.05) is 32.7 Å². The van der Waals surface area contributed by atoms with Crippen molar-refractivity contribution in [1.29, 1.82) is 0 Å². The monoisotopic (exact) mass is 285 g/mol. The first kappa shape index (κ1) is 19.9. The van der Waals surface area contributed by atoms with Gasteiger partial charge in [-0.05, 0) is 44.8 Å². The van der Waals surface area contributed by atoms with Crippen LogP contribution in [0.25, 0.3) is 0 Å². The molecule has 0 fully saturated rings. The van der Waals surface area contributed by atoms with Crippen LogP contribution in [-0.2, 0) is 0 Å². The summed E-state index contributed by atoms with van der Waals surface area (Å²) in [5, 5.41) is 3.61. The van der Waals surface area contributed by atoms with E-state index in [4.69, 9.17) is 0 Å². The molecule has 0 aromatic rings. The molecule has 3 nitrogen and oxygen atoms in total. The van der Waals surface area contributed by atoms with Gasteiger partial charge in [0.15, 0.2) is 0 Å². The quantitative estimate of drug-likeness (QED) is 0.556. The van der Waals surface area contributed by atoms with E-state index < -0.39 is 0 Å². The highest BCUT2D eigenvalue weighted by Gasteiger charge is 2.25. The molecule has 0 spiro atoms. The van der Waals surface area contributed by atoms with Crippen molar-refractivity contribution >= 4 is 0 Å². The van der Waals surface area contributed by atoms with Crippen molar-refractivity contribution in [3.8, 4) is 0 Å². The van der Waals surface area contributed by atoms with Crippen LogP contribution in [0.3, 0.4) is 0 Å². The summed E-state index contributed by atoms with van der Waals surface area (Å²) >= 11 is 0. The Bertz CT molecular complexity index is 228. The molecular weight excluding hydrogens is 246 g/mol. The number of likely N-dealkylation sites (N-methyl/N-ethyl adjacent to an activating group) is 1. The van der Waals surface area contributed by atoms with Crippen molar-refractivity contribution in [1.82, 2.24) is 15.1 Å².